The Kier molecular flexibility index (Phi) is 3.49. The summed E-state index contributed by atoms with van der Waals surface area (Å²) in [6, 6.07) is 8.76. The number of aryl methyl sites for hydroxylation is 1. The summed E-state index contributed by atoms with van der Waals surface area (Å²) >= 11 is 0. The van der Waals surface area contributed by atoms with Gasteiger partial charge in [-0.05, 0) is 30.5 Å². The minimum absolute atomic E-state index is 0.134. The van der Waals surface area contributed by atoms with E-state index in [2.05, 4.69) is 57.3 Å². The molecule has 1 N–H and O–H groups in total. The summed E-state index contributed by atoms with van der Waals surface area (Å²) in [4.78, 5) is 0. The van der Waals surface area contributed by atoms with Gasteiger partial charge in [-0.25, -0.2) is 0 Å². The Labute approximate surface area is 109 Å². The van der Waals surface area contributed by atoms with Gasteiger partial charge in [-0.2, -0.15) is 0 Å². The lowest BCUT2D eigenvalue weighted by Gasteiger charge is -2.28. The summed E-state index contributed by atoms with van der Waals surface area (Å²) in [7, 11) is 1.99. The third-order valence-corrected chi connectivity index (χ3v) is 3.46. The lowest BCUT2D eigenvalue weighted by Crippen LogP contribution is -2.29. The summed E-state index contributed by atoms with van der Waals surface area (Å²) in [5.41, 5.74) is 2.46. The van der Waals surface area contributed by atoms with Gasteiger partial charge in [0, 0.05) is 5.39 Å². The van der Waals surface area contributed by atoms with Gasteiger partial charge in [-0.3, -0.25) is 0 Å². The Morgan fingerprint density at radius 1 is 1.28 bits per heavy atom. The predicted octanol–water partition coefficient (Wildman–Crippen LogP) is 4.30. The summed E-state index contributed by atoms with van der Waals surface area (Å²) in [6.45, 7) is 8.84. The molecule has 1 aromatic heterocycles. The molecule has 18 heavy (non-hydrogen) atoms. The van der Waals surface area contributed by atoms with Crippen LogP contribution in [0.2, 0.25) is 0 Å². The Bertz CT molecular complexity index is 534. The third-order valence-electron chi connectivity index (χ3n) is 3.46. The van der Waals surface area contributed by atoms with Crippen molar-refractivity contribution in [1.82, 2.24) is 5.32 Å². The lowest BCUT2D eigenvalue weighted by molar-refractivity contribution is 0.253. The smallest absolute Gasteiger partial charge is 0.137 e. The van der Waals surface area contributed by atoms with Crippen LogP contribution in [0, 0.1) is 5.41 Å². The van der Waals surface area contributed by atoms with Crippen molar-refractivity contribution in [1.29, 1.82) is 0 Å². The Balaban J connectivity index is 2.53. The molecule has 2 heteroatoms. The first-order valence-corrected chi connectivity index (χ1v) is 6.66. The monoisotopic (exact) mass is 245 g/mol. The fourth-order valence-electron chi connectivity index (χ4n) is 2.57. The zero-order valence-corrected chi connectivity index (χ0v) is 12.0. The average molecular weight is 245 g/mol. The second-order valence-electron chi connectivity index (χ2n) is 5.93. The number of furan rings is 1. The maximum Gasteiger partial charge on any atom is 0.137 e. The molecule has 98 valence electrons. The van der Waals surface area contributed by atoms with Crippen molar-refractivity contribution in [3.8, 4) is 0 Å². The first kappa shape index (κ1) is 13.2. The van der Waals surface area contributed by atoms with Crippen LogP contribution in [0.25, 0.3) is 11.0 Å². The van der Waals surface area contributed by atoms with Crippen LogP contribution in [0.3, 0.4) is 0 Å². The van der Waals surface area contributed by atoms with Crippen molar-refractivity contribution in [3.05, 3.63) is 35.6 Å². The maximum atomic E-state index is 6.11. The van der Waals surface area contributed by atoms with Crippen molar-refractivity contribution >= 4 is 11.0 Å². The fraction of sp³-hybridized carbons (Fsp3) is 0.500. The molecule has 0 bridgehead atoms. The number of rotatable bonds is 3. The highest BCUT2D eigenvalue weighted by atomic mass is 16.3. The molecular weight excluding hydrogens is 222 g/mol. The molecule has 0 saturated carbocycles. The highest BCUT2D eigenvalue weighted by Gasteiger charge is 2.27. The zero-order valence-electron chi connectivity index (χ0n) is 12.0. The second-order valence-corrected chi connectivity index (χ2v) is 5.93. The fourth-order valence-corrected chi connectivity index (χ4v) is 2.57. The molecule has 0 aliphatic heterocycles. The molecule has 0 spiro atoms. The first-order chi connectivity index (χ1) is 8.47. The zero-order chi connectivity index (χ0) is 13.3. The van der Waals surface area contributed by atoms with Crippen LogP contribution in [0.1, 0.15) is 45.1 Å². The second kappa shape index (κ2) is 4.77. The van der Waals surface area contributed by atoms with E-state index in [4.69, 9.17) is 4.42 Å². The van der Waals surface area contributed by atoms with Gasteiger partial charge in [-0.1, -0.05) is 45.9 Å². The topological polar surface area (TPSA) is 25.2 Å². The van der Waals surface area contributed by atoms with Crippen LogP contribution < -0.4 is 5.32 Å². The van der Waals surface area contributed by atoms with E-state index >= 15 is 0 Å². The van der Waals surface area contributed by atoms with Gasteiger partial charge in [0.1, 0.15) is 11.3 Å². The number of fused-ring (bicyclic) bond motifs is 1. The highest BCUT2D eigenvalue weighted by molar-refractivity contribution is 5.81. The van der Waals surface area contributed by atoms with Gasteiger partial charge in [0.25, 0.3) is 0 Å². The van der Waals surface area contributed by atoms with E-state index in [1.54, 1.807) is 0 Å². The predicted molar refractivity (Wildman–Crippen MR) is 76.8 cm³/mol. The van der Waals surface area contributed by atoms with Gasteiger partial charge < -0.3 is 9.73 Å². The van der Waals surface area contributed by atoms with Crippen molar-refractivity contribution in [2.45, 2.75) is 40.2 Å². The van der Waals surface area contributed by atoms with Gasteiger partial charge in [0.2, 0.25) is 0 Å². The number of benzene rings is 1. The maximum absolute atomic E-state index is 6.11. The Morgan fingerprint density at radius 2 is 2.00 bits per heavy atom. The molecular formula is C16H23NO. The normalized spacial score (nSPS) is 14.1. The standard InChI is InChI=1S/C16H23NO/c1-6-11-8-7-9-12-10-13(18-14(11)12)15(17-5)16(2,3)4/h7-10,15,17H,6H2,1-5H3. The van der Waals surface area contributed by atoms with E-state index in [1.807, 2.05) is 7.05 Å². The molecule has 0 aliphatic carbocycles. The van der Waals surface area contributed by atoms with Crippen molar-refractivity contribution in [2.24, 2.45) is 5.41 Å². The molecule has 1 atom stereocenters. The minimum atomic E-state index is 0.134. The molecule has 1 heterocycles. The van der Waals surface area contributed by atoms with E-state index < -0.39 is 0 Å². The summed E-state index contributed by atoms with van der Waals surface area (Å²) < 4.78 is 6.11. The van der Waals surface area contributed by atoms with Gasteiger partial charge >= 0.3 is 0 Å². The molecule has 0 fully saturated rings. The Hall–Kier alpha value is -1.28. The SMILES string of the molecule is CCc1cccc2cc(C(NC)C(C)(C)C)oc12. The number of hydrogen-bond donors (Lipinski definition) is 1. The molecule has 2 aromatic rings. The van der Waals surface area contributed by atoms with E-state index in [-0.39, 0.29) is 11.5 Å². The van der Waals surface area contributed by atoms with Crippen molar-refractivity contribution in [2.75, 3.05) is 7.05 Å². The molecule has 0 radical (unpaired) electrons. The first-order valence-electron chi connectivity index (χ1n) is 6.66. The summed E-state index contributed by atoms with van der Waals surface area (Å²) in [5, 5.41) is 4.57. The van der Waals surface area contributed by atoms with E-state index in [0.717, 1.165) is 17.8 Å². The molecule has 2 nitrogen and oxygen atoms in total. The van der Waals surface area contributed by atoms with Crippen LogP contribution in [-0.2, 0) is 6.42 Å². The van der Waals surface area contributed by atoms with Crippen LogP contribution in [0.15, 0.2) is 28.7 Å². The molecule has 2 rings (SSSR count). The van der Waals surface area contributed by atoms with Crippen molar-refractivity contribution in [3.63, 3.8) is 0 Å². The molecule has 1 unspecified atom stereocenters. The summed E-state index contributed by atoms with van der Waals surface area (Å²) in [6.07, 6.45) is 1.00. The van der Waals surface area contributed by atoms with Crippen LogP contribution >= 0.6 is 0 Å². The number of hydrogen-bond acceptors (Lipinski definition) is 2. The van der Waals surface area contributed by atoms with E-state index in [0.29, 0.717) is 0 Å². The van der Waals surface area contributed by atoms with Gasteiger partial charge in [0.05, 0.1) is 6.04 Å². The summed E-state index contributed by atoms with van der Waals surface area (Å²) in [5.74, 6) is 1.03. The third kappa shape index (κ3) is 2.30. The lowest BCUT2D eigenvalue weighted by atomic mass is 9.85. The number of nitrogens with one attached hydrogen (secondary N) is 1. The van der Waals surface area contributed by atoms with Crippen molar-refractivity contribution < 1.29 is 4.42 Å². The van der Waals surface area contributed by atoms with E-state index in [9.17, 15) is 0 Å². The average Bonchev–Trinajstić information content (AvgIpc) is 2.70. The molecule has 0 amide bonds. The van der Waals surface area contributed by atoms with Crippen LogP contribution in [0.5, 0.6) is 0 Å². The van der Waals surface area contributed by atoms with Crippen LogP contribution in [0.4, 0.5) is 0 Å². The largest absolute Gasteiger partial charge is 0.459 e. The van der Waals surface area contributed by atoms with Crippen LogP contribution in [-0.4, -0.2) is 7.05 Å². The number of para-hydroxylation sites is 1. The quantitative estimate of drug-likeness (QED) is 0.872. The van der Waals surface area contributed by atoms with Gasteiger partial charge in [0.15, 0.2) is 0 Å². The minimum Gasteiger partial charge on any atom is -0.459 e. The molecule has 0 aliphatic rings. The van der Waals surface area contributed by atoms with Gasteiger partial charge in [-0.15, -0.1) is 0 Å². The highest BCUT2D eigenvalue weighted by Crippen LogP contribution is 2.36. The Morgan fingerprint density at radius 3 is 2.56 bits per heavy atom. The molecule has 0 saturated heterocycles. The molecule has 1 aromatic carbocycles. The van der Waals surface area contributed by atoms with E-state index in [1.165, 1.54) is 10.9 Å².